The summed E-state index contributed by atoms with van der Waals surface area (Å²) in [5.74, 6) is -0.402. The molecule has 2 amide bonds. The molecule has 2 heterocycles. The Hall–Kier alpha value is -1.14. The fraction of sp³-hybridized carbons (Fsp3) is 0.625. The van der Waals surface area contributed by atoms with E-state index in [0.717, 1.165) is 50.5 Å². The molecule has 1 aliphatic carbocycles. The molecule has 0 bridgehead atoms. The largest absolute Gasteiger partial charge is 0.294 e. The molecule has 0 saturated carbocycles. The summed E-state index contributed by atoms with van der Waals surface area (Å²) in [5.41, 5.74) is 0.592. The average molecular weight is 324 g/mol. The molecular formula is C16H21FN2O2S. The van der Waals surface area contributed by atoms with Gasteiger partial charge in [-0.25, -0.2) is 4.39 Å². The van der Waals surface area contributed by atoms with E-state index in [1.165, 1.54) is 11.3 Å². The second kappa shape index (κ2) is 6.96. The van der Waals surface area contributed by atoms with Gasteiger partial charge in [-0.3, -0.25) is 19.4 Å². The molecule has 0 aromatic rings. The van der Waals surface area contributed by atoms with E-state index in [4.69, 9.17) is 0 Å². The van der Waals surface area contributed by atoms with Crippen molar-refractivity contribution in [1.29, 1.82) is 0 Å². The van der Waals surface area contributed by atoms with E-state index >= 15 is 0 Å². The van der Waals surface area contributed by atoms with Gasteiger partial charge in [0.15, 0.2) is 0 Å². The van der Waals surface area contributed by atoms with Crippen LogP contribution >= 0.6 is 11.8 Å². The number of carbonyl (C=O) groups excluding carboxylic acids is 2. The molecule has 3 aliphatic rings. The molecular weight excluding hydrogens is 303 g/mol. The molecule has 0 radical (unpaired) electrons. The van der Waals surface area contributed by atoms with E-state index in [-0.39, 0.29) is 17.0 Å². The minimum absolute atomic E-state index is 0.130. The van der Waals surface area contributed by atoms with Crippen LogP contribution in [0.2, 0.25) is 0 Å². The van der Waals surface area contributed by atoms with E-state index in [1.54, 1.807) is 6.08 Å². The summed E-state index contributed by atoms with van der Waals surface area (Å²) in [6, 6.07) is 0. The Balaban J connectivity index is 1.70. The quantitative estimate of drug-likeness (QED) is 0.740. The van der Waals surface area contributed by atoms with Gasteiger partial charge in [0.25, 0.3) is 11.1 Å². The minimum atomic E-state index is -0.272. The third-order valence-corrected chi connectivity index (χ3v) is 5.32. The van der Waals surface area contributed by atoms with Gasteiger partial charge in [0.05, 0.1) is 11.6 Å². The van der Waals surface area contributed by atoms with Crippen molar-refractivity contribution in [2.45, 2.75) is 44.9 Å². The van der Waals surface area contributed by atoms with Crippen LogP contribution in [0.4, 0.5) is 9.18 Å². The zero-order valence-electron chi connectivity index (χ0n) is 12.6. The molecule has 0 atom stereocenters. The number of halogens is 1. The summed E-state index contributed by atoms with van der Waals surface area (Å²) < 4.78 is 13.8. The highest BCUT2D eigenvalue weighted by atomic mass is 32.2. The van der Waals surface area contributed by atoms with Gasteiger partial charge in [0.1, 0.15) is 5.83 Å². The first-order chi connectivity index (χ1) is 10.6. The first-order valence-corrected chi connectivity index (χ1v) is 8.82. The number of allylic oxidation sites excluding steroid dienone is 3. The molecule has 22 heavy (non-hydrogen) atoms. The number of nitrogens with zero attached hydrogens (tertiary/aromatic N) is 2. The molecule has 0 spiro atoms. The number of piperidine rings is 1. The zero-order valence-corrected chi connectivity index (χ0v) is 13.5. The van der Waals surface area contributed by atoms with E-state index in [2.05, 4.69) is 4.90 Å². The lowest BCUT2D eigenvalue weighted by Gasteiger charge is -2.29. The van der Waals surface area contributed by atoms with Crippen molar-refractivity contribution in [2.24, 2.45) is 0 Å². The normalized spacial score (nSPS) is 26.4. The summed E-state index contributed by atoms with van der Waals surface area (Å²) in [5, 5.41) is -0.237. The molecule has 3 rings (SSSR count). The average Bonchev–Trinajstić information content (AvgIpc) is 2.78. The predicted molar refractivity (Wildman–Crippen MR) is 84.8 cm³/mol. The number of imide groups is 1. The van der Waals surface area contributed by atoms with Crippen molar-refractivity contribution in [3.63, 3.8) is 0 Å². The molecule has 6 heteroatoms. The van der Waals surface area contributed by atoms with Gasteiger partial charge in [0.2, 0.25) is 0 Å². The van der Waals surface area contributed by atoms with Crippen LogP contribution in [-0.2, 0) is 4.79 Å². The molecule has 4 nitrogen and oxygen atoms in total. The Morgan fingerprint density at radius 3 is 2.50 bits per heavy atom. The summed E-state index contributed by atoms with van der Waals surface area (Å²) in [6.45, 7) is 2.23. The molecule has 0 unspecified atom stereocenters. The number of rotatable bonds is 3. The van der Waals surface area contributed by atoms with Crippen LogP contribution in [0, 0.1) is 0 Å². The smallest absolute Gasteiger partial charge is 0.286 e. The van der Waals surface area contributed by atoms with E-state index in [0.29, 0.717) is 30.0 Å². The van der Waals surface area contributed by atoms with Crippen molar-refractivity contribution >= 4 is 22.9 Å². The van der Waals surface area contributed by atoms with Crippen LogP contribution in [0.15, 0.2) is 22.4 Å². The highest BCUT2D eigenvalue weighted by Crippen LogP contribution is 2.35. The first-order valence-electron chi connectivity index (χ1n) is 8.00. The SMILES string of the molecule is O=C1S/C(=C/C2=C(F)CCCC2)C(=O)N1CN1CCCCC1. The topological polar surface area (TPSA) is 40.6 Å². The van der Waals surface area contributed by atoms with Crippen LogP contribution < -0.4 is 0 Å². The maximum Gasteiger partial charge on any atom is 0.294 e. The molecule has 0 aromatic carbocycles. The summed E-state index contributed by atoms with van der Waals surface area (Å²) in [7, 11) is 0. The van der Waals surface area contributed by atoms with E-state index in [1.807, 2.05) is 0 Å². The second-order valence-corrected chi connectivity index (χ2v) is 7.06. The zero-order chi connectivity index (χ0) is 15.5. The van der Waals surface area contributed by atoms with Crippen LogP contribution in [0.1, 0.15) is 44.9 Å². The number of hydrogen-bond acceptors (Lipinski definition) is 4. The Kier molecular flexibility index (Phi) is 4.98. The van der Waals surface area contributed by atoms with E-state index in [9.17, 15) is 14.0 Å². The van der Waals surface area contributed by atoms with Crippen LogP contribution in [0.5, 0.6) is 0 Å². The highest BCUT2D eigenvalue weighted by molar-refractivity contribution is 8.18. The van der Waals surface area contributed by atoms with Gasteiger partial charge >= 0.3 is 0 Å². The van der Waals surface area contributed by atoms with Crippen LogP contribution in [-0.4, -0.2) is 40.7 Å². The van der Waals surface area contributed by atoms with Gasteiger partial charge in [-0.05, 0) is 75.0 Å². The molecule has 2 aliphatic heterocycles. The van der Waals surface area contributed by atoms with Gasteiger partial charge in [0, 0.05) is 0 Å². The summed E-state index contributed by atoms with van der Waals surface area (Å²) >= 11 is 0.937. The van der Waals surface area contributed by atoms with E-state index < -0.39 is 0 Å². The Morgan fingerprint density at radius 2 is 1.77 bits per heavy atom. The number of carbonyl (C=O) groups is 2. The van der Waals surface area contributed by atoms with Crippen LogP contribution in [0.3, 0.4) is 0 Å². The minimum Gasteiger partial charge on any atom is -0.286 e. The van der Waals surface area contributed by atoms with Crippen molar-refractivity contribution in [1.82, 2.24) is 9.80 Å². The standard InChI is InChI=1S/C16H21FN2O2S/c17-13-7-3-2-6-12(13)10-14-15(20)19(16(21)22-14)11-18-8-4-1-5-9-18/h10H,1-9,11H2/b14-10+. The lowest BCUT2D eigenvalue weighted by Crippen LogP contribution is -2.42. The van der Waals surface area contributed by atoms with Crippen molar-refractivity contribution < 1.29 is 14.0 Å². The fourth-order valence-corrected chi connectivity index (χ4v) is 3.96. The summed E-state index contributed by atoms with van der Waals surface area (Å²) in [4.78, 5) is 28.3. The van der Waals surface area contributed by atoms with Gasteiger partial charge in [-0.15, -0.1) is 0 Å². The molecule has 2 saturated heterocycles. The number of thioether (sulfide) groups is 1. The monoisotopic (exact) mass is 324 g/mol. The lowest BCUT2D eigenvalue weighted by molar-refractivity contribution is -0.124. The lowest BCUT2D eigenvalue weighted by atomic mass is 9.98. The Bertz CT molecular complexity index is 538. The van der Waals surface area contributed by atoms with Gasteiger partial charge in [-0.1, -0.05) is 6.42 Å². The first kappa shape index (κ1) is 15.7. The Morgan fingerprint density at radius 1 is 1.05 bits per heavy atom. The molecule has 0 N–H and O–H groups in total. The highest BCUT2D eigenvalue weighted by Gasteiger charge is 2.36. The summed E-state index contributed by atoms with van der Waals surface area (Å²) in [6.07, 6.45) is 7.94. The van der Waals surface area contributed by atoms with Crippen molar-refractivity contribution in [2.75, 3.05) is 19.8 Å². The molecule has 120 valence electrons. The fourth-order valence-electron chi connectivity index (χ4n) is 3.12. The molecule has 2 fully saturated rings. The van der Waals surface area contributed by atoms with Gasteiger partial charge < -0.3 is 0 Å². The molecule has 0 aromatic heterocycles. The number of hydrogen-bond donors (Lipinski definition) is 0. The number of amides is 2. The second-order valence-electron chi connectivity index (χ2n) is 6.07. The Labute approximate surface area is 134 Å². The third-order valence-electron chi connectivity index (χ3n) is 4.41. The number of likely N-dealkylation sites (tertiary alicyclic amines) is 1. The van der Waals surface area contributed by atoms with Crippen LogP contribution in [0.25, 0.3) is 0 Å². The maximum atomic E-state index is 13.8. The maximum absolute atomic E-state index is 13.8. The third kappa shape index (κ3) is 3.43. The van der Waals surface area contributed by atoms with Crippen molar-refractivity contribution in [3.05, 3.63) is 22.4 Å². The predicted octanol–water partition coefficient (Wildman–Crippen LogP) is 3.81. The van der Waals surface area contributed by atoms with Gasteiger partial charge in [-0.2, -0.15) is 0 Å². The van der Waals surface area contributed by atoms with Crippen molar-refractivity contribution in [3.8, 4) is 0 Å².